The Morgan fingerprint density at radius 1 is 1.16 bits per heavy atom. The number of hydrogen-bond acceptors (Lipinski definition) is 2. The maximum absolute atomic E-state index is 13.2. The van der Waals surface area contributed by atoms with Crippen molar-refractivity contribution in [1.29, 1.82) is 0 Å². The first kappa shape index (κ1) is 11.7. The molecule has 3 aromatic rings. The van der Waals surface area contributed by atoms with Crippen LogP contribution in [0.3, 0.4) is 0 Å². The van der Waals surface area contributed by atoms with Crippen LogP contribution in [-0.2, 0) is 7.05 Å². The SMILES string of the molecule is Cc1cc(-c2nc3cc(F)ccc3n2C)ccc1O. The van der Waals surface area contributed by atoms with Crippen molar-refractivity contribution >= 4 is 11.0 Å². The van der Waals surface area contributed by atoms with Crippen LogP contribution in [0.5, 0.6) is 5.75 Å². The Balaban J connectivity index is 2.24. The molecule has 0 fully saturated rings. The summed E-state index contributed by atoms with van der Waals surface area (Å²) < 4.78 is 15.1. The van der Waals surface area contributed by atoms with Gasteiger partial charge in [0.25, 0.3) is 0 Å². The summed E-state index contributed by atoms with van der Waals surface area (Å²) in [6.07, 6.45) is 0. The number of phenols is 1. The van der Waals surface area contributed by atoms with E-state index in [1.165, 1.54) is 12.1 Å². The molecule has 0 aliphatic rings. The summed E-state index contributed by atoms with van der Waals surface area (Å²) in [5.74, 6) is 0.719. The van der Waals surface area contributed by atoms with E-state index in [1.54, 1.807) is 18.2 Å². The van der Waals surface area contributed by atoms with Gasteiger partial charge in [0, 0.05) is 18.7 Å². The van der Waals surface area contributed by atoms with Crippen molar-refractivity contribution in [3.05, 3.63) is 47.8 Å². The molecule has 3 rings (SSSR count). The fourth-order valence-electron chi connectivity index (χ4n) is 2.23. The normalized spacial score (nSPS) is 11.1. The number of aromatic nitrogens is 2. The highest BCUT2D eigenvalue weighted by Gasteiger charge is 2.11. The van der Waals surface area contributed by atoms with Gasteiger partial charge < -0.3 is 9.67 Å². The number of rotatable bonds is 1. The van der Waals surface area contributed by atoms with Crippen molar-refractivity contribution in [2.24, 2.45) is 7.05 Å². The van der Waals surface area contributed by atoms with Gasteiger partial charge >= 0.3 is 0 Å². The lowest BCUT2D eigenvalue weighted by atomic mass is 10.1. The van der Waals surface area contributed by atoms with Crippen molar-refractivity contribution in [2.45, 2.75) is 6.92 Å². The van der Waals surface area contributed by atoms with Crippen molar-refractivity contribution in [3.63, 3.8) is 0 Å². The molecule has 0 radical (unpaired) electrons. The first-order valence-corrected chi connectivity index (χ1v) is 5.98. The van der Waals surface area contributed by atoms with Gasteiger partial charge in [0.15, 0.2) is 0 Å². The highest BCUT2D eigenvalue weighted by Crippen LogP contribution is 2.27. The molecule has 0 saturated heterocycles. The molecule has 0 unspecified atom stereocenters. The second kappa shape index (κ2) is 4.09. The highest BCUT2D eigenvalue weighted by atomic mass is 19.1. The van der Waals surface area contributed by atoms with Gasteiger partial charge in [0.1, 0.15) is 17.4 Å². The third kappa shape index (κ3) is 1.85. The van der Waals surface area contributed by atoms with Crippen LogP contribution in [-0.4, -0.2) is 14.7 Å². The molecule has 0 atom stereocenters. The standard InChI is InChI=1S/C15H13FN2O/c1-9-7-10(3-6-14(9)19)15-17-12-8-11(16)4-5-13(12)18(15)2/h3-8,19H,1-2H3. The van der Waals surface area contributed by atoms with Crippen LogP contribution in [0.2, 0.25) is 0 Å². The van der Waals surface area contributed by atoms with Gasteiger partial charge in [-0.25, -0.2) is 9.37 Å². The predicted molar refractivity (Wildman–Crippen MR) is 72.5 cm³/mol. The fourth-order valence-corrected chi connectivity index (χ4v) is 2.23. The van der Waals surface area contributed by atoms with E-state index < -0.39 is 0 Å². The minimum Gasteiger partial charge on any atom is -0.508 e. The van der Waals surface area contributed by atoms with Crippen LogP contribution in [0.4, 0.5) is 4.39 Å². The third-order valence-electron chi connectivity index (χ3n) is 3.30. The molecule has 1 heterocycles. The summed E-state index contributed by atoms with van der Waals surface area (Å²) in [7, 11) is 1.89. The second-order valence-corrected chi connectivity index (χ2v) is 4.63. The van der Waals surface area contributed by atoms with Crippen LogP contribution in [0.15, 0.2) is 36.4 Å². The molecule has 0 amide bonds. The number of phenolic OH excluding ortho intramolecular Hbond substituents is 1. The number of halogens is 1. The van der Waals surface area contributed by atoms with Crippen LogP contribution in [0.1, 0.15) is 5.56 Å². The van der Waals surface area contributed by atoms with Gasteiger partial charge in [-0.2, -0.15) is 0 Å². The van der Waals surface area contributed by atoms with Gasteiger partial charge in [0.05, 0.1) is 11.0 Å². The summed E-state index contributed by atoms with van der Waals surface area (Å²) in [5.41, 5.74) is 3.19. The van der Waals surface area contributed by atoms with E-state index in [2.05, 4.69) is 4.98 Å². The Hall–Kier alpha value is -2.36. The van der Waals surface area contributed by atoms with Crippen molar-refractivity contribution < 1.29 is 9.50 Å². The largest absolute Gasteiger partial charge is 0.508 e. The van der Waals surface area contributed by atoms with Crippen molar-refractivity contribution in [2.75, 3.05) is 0 Å². The fraction of sp³-hybridized carbons (Fsp3) is 0.133. The lowest BCUT2D eigenvalue weighted by Crippen LogP contribution is -1.92. The Morgan fingerprint density at radius 3 is 2.68 bits per heavy atom. The molecule has 0 aliphatic heterocycles. The third-order valence-corrected chi connectivity index (χ3v) is 3.30. The average Bonchev–Trinajstić information content (AvgIpc) is 2.70. The summed E-state index contributed by atoms with van der Waals surface area (Å²) in [6.45, 7) is 1.83. The number of nitrogens with zero attached hydrogens (tertiary/aromatic N) is 2. The zero-order valence-corrected chi connectivity index (χ0v) is 10.7. The second-order valence-electron chi connectivity index (χ2n) is 4.63. The minimum atomic E-state index is -0.293. The zero-order chi connectivity index (χ0) is 13.6. The zero-order valence-electron chi connectivity index (χ0n) is 10.7. The van der Waals surface area contributed by atoms with Crippen molar-refractivity contribution in [3.8, 4) is 17.1 Å². The quantitative estimate of drug-likeness (QED) is 0.724. The Bertz CT molecular complexity index is 777. The topological polar surface area (TPSA) is 38.0 Å². The molecule has 2 aromatic carbocycles. The van der Waals surface area contributed by atoms with Crippen LogP contribution < -0.4 is 0 Å². The summed E-state index contributed by atoms with van der Waals surface area (Å²) in [5, 5.41) is 9.56. The molecule has 1 N–H and O–H groups in total. The van der Waals surface area contributed by atoms with E-state index in [9.17, 15) is 9.50 Å². The maximum Gasteiger partial charge on any atom is 0.140 e. The molecule has 0 saturated carbocycles. The van der Waals surface area contributed by atoms with Gasteiger partial charge in [-0.15, -0.1) is 0 Å². The first-order valence-electron chi connectivity index (χ1n) is 5.98. The molecule has 96 valence electrons. The molecular formula is C15H13FN2O. The highest BCUT2D eigenvalue weighted by molar-refractivity contribution is 5.80. The summed E-state index contributed by atoms with van der Waals surface area (Å²) >= 11 is 0. The molecule has 3 nitrogen and oxygen atoms in total. The smallest absolute Gasteiger partial charge is 0.140 e. The predicted octanol–water partition coefficient (Wildman–Crippen LogP) is 3.39. The average molecular weight is 256 g/mol. The van der Waals surface area contributed by atoms with Crippen molar-refractivity contribution in [1.82, 2.24) is 9.55 Å². The molecule has 4 heteroatoms. The van der Waals surface area contributed by atoms with E-state index >= 15 is 0 Å². The number of aryl methyl sites for hydroxylation is 2. The van der Waals surface area contributed by atoms with Crippen LogP contribution in [0, 0.1) is 12.7 Å². The Morgan fingerprint density at radius 2 is 1.95 bits per heavy atom. The minimum absolute atomic E-state index is 0.258. The Kier molecular flexibility index (Phi) is 2.52. The van der Waals surface area contributed by atoms with Crippen LogP contribution in [0.25, 0.3) is 22.4 Å². The molecule has 1 aromatic heterocycles. The number of imidazole rings is 1. The molecular weight excluding hydrogens is 243 g/mol. The van der Waals surface area contributed by atoms with E-state index in [0.29, 0.717) is 5.52 Å². The molecule has 19 heavy (non-hydrogen) atoms. The number of aromatic hydroxyl groups is 1. The Labute approximate surface area is 109 Å². The summed E-state index contributed by atoms with van der Waals surface area (Å²) in [4.78, 5) is 4.46. The number of fused-ring (bicyclic) bond motifs is 1. The summed E-state index contributed by atoms with van der Waals surface area (Å²) in [6, 6.07) is 9.88. The van der Waals surface area contributed by atoms with Gasteiger partial charge in [-0.3, -0.25) is 0 Å². The molecule has 0 aliphatic carbocycles. The molecule has 0 bridgehead atoms. The maximum atomic E-state index is 13.2. The van der Waals surface area contributed by atoms with E-state index in [-0.39, 0.29) is 11.6 Å². The monoisotopic (exact) mass is 256 g/mol. The molecule has 0 spiro atoms. The van der Waals surface area contributed by atoms with E-state index in [1.807, 2.05) is 24.6 Å². The first-order chi connectivity index (χ1) is 9.06. The van der Waals surface area contributed by atoms with Gasteiger partial charge in [-0.05, 0) is 42.8 Å². The lowest BCUT2D eigenvalue weighted by molar-refractivity contribution is 0.471. The lowest BCUT2D eigenvalue weighted by Gasteiger charge is -2.04. The number of benzene rings is 2. The van der Waals surface area contributed by atoms with E-state index in [4.69, 9.17) is 0 Å². The number of hydrogen-bond donors (Lipinski definition) is 1. The van der Waals surface area contributed by atoms with Gasteiger partial charge in [0.2, 0.25) is 0 Å². The van der Waals surface area contributed by atoms with Gasteiger partial charge in [-0.1, -0.05) is 0 Å². The van der Waals surface area contributed by atoms with E-state index in [0.717, 1.165) is 22.5 Å². The van der Waals surface area contributed by atoms with Crippen LogP contribution >= 0.6 is 0 Å².